The number of amides is 1. The van der Waals surface area contributed by atoms with E-state index in [1.807, 2.05) is 0 Å². The summed E-state index contributed by atoms with van der Waals surface area (Å²) in [6, 6.07) is 0. The predicted octanol–water partition coefficient (Wildman–Crippen LogP) is 0.774. The van der Waals surface area contributed by atoms with Crippen LogP contribution < -0.4 is 0 Å². The summed E-state index contributed by atoms with van der Waals surface area (Å²) in [6.45, 7) is 1.78. The molecule has 0 saturated carbocycles. The third-order valence-electron chi connectivity index (χ3n) is 2.06. The summed E-state index contributed by atoms with van der Waals surface area (Å²) in [6.07, 6.45) is 1.73. The van der Waals surface area contributed by atoms with Gasteiger partial charge in [-0.25, -0.2) is 4.79 Å². The van der Waals surface area contributed by atoms with E-state index in [0.717, 1.165) is 0 Å². The molecule has 2 rings (SSSR count). The van der Waals surface area contributed by atoms with Gasteiger partial charge >= 0.3 is 5.97 Å². The van der Waals surface area contributed by atoms with Crippen molar-refractivity contribution in [1.82, 2.24) is 4.90 Å². The summed E-state index contributed by atoms with van der Waals surface area (Å²) in [5, 5.41) is 10.1. The van der Waals surface area contributed by atoms with Crippen LogP contribution >= 0.6 is 11.8 Å². The molecule has 2 aliphatic rings. The molecule has 13 heavy (non-hydrogen) atoms. The molecule has 4 nitrogen and oxygen atoms in total. The topological polar surface area (TPSA) is 57.6 Å². The molecule has 1 fully saturated rings. The third kappa shape index (κ3) is 0.935. The number of allylic oxidation sites excluding steroid dienone is 1. The average Bonchev–Trinajstić information content (AvgIpc) is 2.45. The van der Waals surface area contributed by atoms with Gasteiger partial charge in [0, 0.05) is 11.0 Å². The van der Waals surface area contributed by atoms with Gasteiger partial charge in [-0.1, -0.05) is 6.08 Å². The number of aliphatic carboxylic acids is 1. The number of carbonyl (C=O) groups excluding carboxylic acids is 1. The van der Waals surface area contributed by atoms with Crippen molar-refractivity contribution in [1.29, 1.82) is 0 Å². The van der Waals surface area contributed by atoms with E-state index in [9.17, 15) is 9.59 Å². The molecule has 2 aliphatic heterocycles. The van der Waals surface area contributed by atoms with Crippen LogP contribution in [0.2, 0.25) is 0 Å². The molecule has 0 aromatic carbocycles. The third-order valence-corrected chi connectivity index (χ3v) is 3.15. The van der Waals surface area contributed by atoms with E-state index in [0.29, 0.717) is 5.57 Å². The number of thioether (sulfide) groups is 1. The molecule has 0 bridgehead atoms. The van der Waals surface area contributed by atoms with Crippen molar-refractivity contribution in [2.24, 2.45) is 0 Å². The lowest BCUT2D eigenvalue weighted by Crippen LogP contribution is -2.51. The van der Waals surface area contributed by atoms with Crippen LogP contribution in [0.5, 0.6) is 0 Å². The maximum atomic E-state index is 11.3. The van der Waals surface area contributed by atoms with Crippen molar-refractivity contribution in [3.05, 3.63) is 22.8 Å². The molecule has 0 aromatic rings. The van der Waals surface area contributed by atoms with Gasteiger partial charge in [0.2, 0.25) is 0 Å². The number of hydrogen-bond donors (Lipinski definition) is 1. The molecular formula is C8H7NO3S. The number of carboxylic acid groups (broad SMARTS) is 1. The van der Waals surface area contributed by atoms with E-state index < -0.39 is 5.97 Å². The highest BCUT2D eigenvalue weighted by molar-refractivity contribution is 8.03. The fourth-order valence-electron chi connectivity index (χ4n) is 1.40. The highest BCUT2D eigenvalue weighted by atomic mass is 32.2. The Labute approximate surface area is 78.9 Å². The summed E-state index contributed by atoms with van der Waals surface area (Å²) in [5.41, 5.74) is 0.781. The zero-order valence-electron chi connectivity index (χ0n) is 6.85. The molecule has 68 valence electrons. The van der Waals surface area contributed by atoms with Gasteiger partial charge in [0.05, 0.1) is 0 Å². The van der Waals surface area contributed by atoms with Crippen molar-refractivity contribution < 1.29 is 14.7 Å². The van der Waals surface area contributed by atoms with Crippen LogP contribution in [-0.4, -0.2) is 27.3 Å². The molecule has 0 aliphatic carbocycles. The first-order valence-corrected chi connectivity index (χ1v) is 4.69. The quantitative estimate of drug-likeness (QED) is 0.498. The highest BCUT2D eigenvalue weighted by Gasteiger charge is 2.48. The predicted molar refractivity (Wildman–Crippen MR) is 47.7 cm³/mol. The lowest BCUT2D eigenvalue weighted by atomic mass is 10.1. The van der Waals surface area contributed by atoms with Crippen molar-refractivity contribution in [2.45, 2.75) is 12.3 Å². The zero-order chi connectivity index (χ0) is 9.59. The first-order valence-electron chi connectivity index (χ1n) is 3.75. The van der Waals surface area contributed by atoms with Crippen molar-refractivity contribution in [3.8, 4) is 0 Å². The van der Waals surface area contributed by atoms with Gasteiger partial charge in [0.25, 0.3) is 5.91 Å². The van der Waals surface area contributed by atoms with Crippen LogP contribution in [0.1, 0.15) is 6.92 Å². The number of carboxylic acids is 1. The highest BCUT2D eigenvalue weighted by Crippen LogP contribution is 2.44. The van der Waals surface area contributed by atoms with Crippen LogP contribution in [-0.2, 0) is 9.59 Å². The Morgan fingerprint density at radius 1 is 1.77 bits per heavy atom. The van der Waals surface area contributed by atoms with Crippen LogP contribution in [0.15, 0.2) is 22.8 Å². The average molecular weight is 197 g/mol. The molecular weight excluding hydrogens is 190 g/mol. The van der Waals surface area contributed by atoms with Crippen molar-refractivity contribution >= 4 is 23.6 Å². The fourth-order valence-corrected chi connectivity index (χ4v) is 2.59. The SMILES string of the molecule is CC=C1C(=O)N2C(C(=O)O)=CS[C@@H]12. The van der Waals surface area contributed by atoms with Crippen LogP contribution in [0.3, 0.4) is 0 Å². The number of β-lactam (4-membered cyclic amide) rings is 1. The molecule has 0 radical (unpaired) electrons. The second kappa shape index (κ2) is 2.63. The van der Waals surface area contributed by atoms with E-state index in [-0.39, 0.29) is 17.0 Å². The van der Waals surface area contributed by atoms with Gasteiger partial charge in [-0.15, -0.1) is 11.8 Å². The summed E-state index contributed by atoms with van der Waals surface area (Å²) in [4.78, 5) is 23.3. The van der Waals surface area contributed by atoms with E-state index >= 15 is 0 Å². The van der Waals surface area contributed by atoms with Gasteiger partial charge in [-0.3, -0.25) is 9.69 Å². The summed E-state index contributed by atoms with van der Waals surface area (Å²) >= 11 is 1.36. The maximum Gasteiger partial charge on any atom is 0.353 e. The molecule has 1 amide bonds. The number of carbonyl (C=O) groups is 2. The molecule has 5 heteroatoms. The van der Waals surface area contributed by atoms with Crippen molar-refractivity contribution in [3.63, 3.8) is 0 Å². The molecule has 0 spiro atoms. The second-order valence-electron chi connectivity index (χ2n) is 2.72. The standard InChI is InChI=1S/C8H7NO3S/c1-2-4-6(10)9-5(8(11)12)3-13-7(4)9/h2-3,7H,1H3,(H,11,12)/t7-/m0/s1. The Hall–Kier alpha value is -1.23. The van der Waals surface area contributed by atoms with Crippen LogP contribution in [0, 0.1) is 0 Å². The zero-order valence-corrected chi connectivity index (χ0v) is 7.67. The molecule has 0 aromatic heterocycles. The van der Waals surface area contributed by atoms with Gasteiger partial charge in [-0.05, 0) is 6.92 Å². The Balaban J connectivity index is 2.28. The lowest BCUT2D eigenvalue weighted by molar-refractivity contribution is -0.141. The molecule has 1 saturated heterocycles. The van der Waals surface area contributed by atoms with E-state index in [2.05, 4.69) is 0 Å². The van der Waals surface area contributed by atoms with Crippen LogP contribution in [0.25, 0.3) is 0 Å². The Kier molecular flexibility index (Phi) is 1.69. The number of fused-ring (bicyclic) bond motifs is 1. The fraction of sp³-hybridized carbons (Fsp3) is 0.250. The van der Waals surface area contributed by atoms with E-state index in [1.54, 1.807) is 13.0 Å². The maximum absolute atomic E-state index is 11.3. The van der Waals surface area contributed by atoms with Gasteiger partial charge in [0.15, 0.2) is 0 Å². The number of nitrogens with zero attached hydrogens (tertiary/aromatic N) is 1. The molecule has 1 N–H and O–H groups in total. The molecule has 0 unspecified atom stereocenters. The Morgan fingerprint density at radius 2 is 2.46 bits per heavy atom. The largest absolute Gasteiger partial charge is 0.477 e. The van der Waals surface area contributed by atoms with Gasteiger partial charge in [-0.2, -0.15) is 0 Å². The van der Waals surface area contributed by atoms with Crippen LogP contribution in [0.4, 0.5) is 0 Å². The molecule has 1 atom stereocenters. The van der Waals surface area contributed by atoms with E-state index in [1.165, 1.54) is 22.1 Å². The normalized spacial score (nSPS) is 28.5. The lowest BCUT2D eigenvalue weighted by Gasteiger charge is -2.36. The number of rotatable bonds is 1. The summed E-state index contributed by atoms with van der Waals surface area (Å²) in [7, 11) is 0. The monoisotopic (exact) mass is 197 g/mol. The minimum atomic E-state index is -1.04. The van der Waals surface area contributed by atoms with E-state index in [4.69, 9.17) is 5.11 Å². The smallest absolute Gasteiger partial charge is 0.353 e. The van der Waals surface area contributed by atoms with Crippen molar-refractivity contribution in [2.75, 3.05) is 0 Å². The molecule has 2 heterocycles. The first-order chi connectivity index (χ1) is 6.16. The summed E-state index contributed by atoms with van der Waals surface area (Å²) in [5.74, 6) is -1.23. The van der Waals surface area contributed by atoms with Gasteiger partial charge < -0.3 is 5.11 Å². The summed E-state index contributed by atoms with van der Waals surface area (Å²) < 4.78 is 0. The first kappa shape index (κ1) is 8.37. The Bertz CT molecular complexity index is 358. The van der Waals surface area contributed by atoms with Gasteiger partial charge in [0.1, 0.15) is 11.1 Å². The Morgan fingerprint density at radius 3 is 3.00 bits per heavy atom. The number of hydrogen-bond acceptors (Lipinski definition) is 3. The minimum absolute atomic E-state index is 0.0885. The minimum Gasteiger partial charge on any atom is -0.477 e. The second-order valence-corrected chi connectivity index (χ2v) is 3.67.